The van der Waals surface area contributed by atoms with E-state index in [0.29, 0.717) is 51.9 Å². The Morgan fingerprint density at radius 1 is 1.03 bits per heavy atom. The number of carbonyl (C=O) groups is 3. The number of amides is 2. The molecule has 1 aromatic carbocycles. The van der Waals surface area contributed by atoms with E-state index in [4.69, 9.17) is 25.6 Å². The van der Waals surface area contributed by atoms with Crippen molar-refractivity contribution in [2.45, 2.75) is 52.6 Å². The molecule has 0 aliphatic heterocycles. The lowest BCUT2D eigenvalue weighted by Crippen LogP contribution is -2.36. The van der Waals surface area contributed by atoms with Crippen molar-refractivity contribution >= 4 is 40.9 Å². The summed E-state index contributed by atoms with van der Waals surface area (Å²) in [4.78, 5) is 42.5. The van der Waals surface area contributed by atoms with Gasteiger partial charge in [0.15, 0.2) is 0 Å². The van der Waals surface area contributed by atoms with Crippen LogP contribution in [-0.4, -0.2) is 35.2 Å². The van der Waals surface area contributed by atoms with Crippen molar-refractivity contribution < 1.29 is 28.4 Å². The number of anilines is 2. The summed E-state index contributed by atoms with van der Waals surface area (Å²) in [6, 6.07) is 10.5. The van der Waals surface area contributed by atoms with Crippen LogP contribution in [0.4, 0.5) is 16.2 Å². The highest BCUT2D eigenvalue weighted by Crippen LogP contribution is 2.34. The molecule has 1 unspecified atom stereocenters. The van der Waals surface area contributed by atoms with E-state index in [1.807, 2.05) is 6.07 Å². The van der Waals surface area contributed by atoms with Gasteiger partial charge in [-0.1, -0.05) is 47.8 Å². The summed E-state index contributed by atoms with van der Waals surface area (Å²) in [5.74, 6) is -1.27. The largest absolute Gasteiger partial charge is 0.469 e. The minimum absolute atomic E-state index is 0.240. The zero-order chi connectivity index (χ0) is 28.1. The van der Waals surface area contributed by atoms with Crippen LogP contribution in [0.2, 0.25) is 5.02 Å². The van der Waals surface area contributed by atoms with Gasteiger partial charge in [0.1, 0.15) is 23.2 Å². The van der Waals surface area contributed by atoms with Crippen LogP contribution in [0.15, 0.2) is 40.9 Å². The molecule has 39 heavy (non-hydrogen) atoms. The number of hydrogen-bond acceptors (Lipinski definition) is 8. The summed E-state index contributed by atoms with van der Waals surface area (Å²) in [5, 5.41) is 10.1. The van der Waals surface area contributed by atoms with Gasteiger partial charge >= 0.3 is 12.1 Å². The second kappa shape index (κ2) is 12.3. The van der Waals surface area contributed by atoms with Gasteiger partial charge < -0.3 is 19.3 Å². The molecule has 0 saturated heterocycles. The molecule has 1 fully saturated rings. The molecule has 10 nitrogen and oxygen atoms in total. The van der Waals surface area contributed by atoms with Crippen molar-refractivity contribution in [2.24, 2.45) is 11.8 Å². The molecular weight excluding hydrogens is 524 g/mol. The maximum atomic E-state index is 13.1. The Bertz CT molecular complexity index is 1370. The second-order valence-corrected chi connectivity index (χ2v) is 9.91. The third-order valence-corrected chi connectivity index (χ3v) is 7.24. The average Bonchev–Trinajstić information content (AvgIpc) is 3.28. The fourth-order valence-electron chi connectivity index (χ4n) is 4.78. The first kappa shape index (κ1) is 28.1. The molecule has 1 aliphatic carbocycles. The number of aryl methyl sites for hydroxylation is 2. The first-order chi connectivity index (χ1) is 18.7. The van der Waals surface area contributed by atoms with Gasteiger partial charge in [0, 0.05) is 10.6 Å². The lowest BCUT2D eigenvalue weighted by atomic mass is 9.78. The number of carbonyl (C=O) groups excluding carboxylic acids is 3. The summed E-state index contributed by atoms with van der Waals surface area (Å²) in [6.07, 6.45) is 1.71. The number of hydrogen-bond donors (Lipinski definition) is 2. The summed E-state index contributed by atoms with van der Waals surface area (Å²) in [7, 11) is 1.34. The SMILES string of the molecule is COC(=O)[C@@H]1CCCC[C@H]1C(=O)Nc1ccc(-c2onc(C)c2NC(=O)OC(C)c2ccccc2Cl)nc1C. The topological polar surface area (TPSA) is 133 Å². The quantitative estimate of drug-likeness (QED) is 0.328. The normalized spacial score (nSPS) is 17.7. The predicted molar refractivity (Wildman–Crippen MR) is 145 cm³/mol. The van der Waals surface area contributed by atoms with Crippen LogP contribution in [0.3, 0.4) is 0 Å². The van der Waals surface area contributed by atoms with E-state index in [2.05, 4.69) is 20.8 Å². The van der Waals surface area contributed by atoms with E-state index < -0.39 is 24.0 Å². The third-order valence-electron chi connectivity index (χ3n) is 6.90. The molecule has 11 heteroatoms. The molecule has 2 amide bonds. The Morgan fingerprint density at radius 2 is 1.74 bits per heavy atom. The summed E-state index contributed by atoms with van der Waals surface area (Å²) in [6.45, 7) is 5.15. The Morgan fingerprint density at radius 3 is 2.44 bits per heavy atom. The maximum Gasteiger partial charge on any atom is 0.412 e. The number of esters is 1. The maximum absolute atomic E-state index is 13.1. The van der Waals surface area contributed by atoms with Gasteiger partial charge in [0.25, 0.3) is 0 Å². The molecule has 0 radical (unpaired) electrons. The highest BCUT2D eigenvalue weighted by molar-refractivity contribution is 6.31. The molecule has 1 aliphatic rings. The molecule has 0 bridgehead atoms. The van der Waals surface area contributed by atoms with Crippen LogP contribution in [0.5, 0.6) is 0 Å². The molecule has 2 N–H and O–H groups in total. The van der Waals surface area contributed by atoms with Crippen LogP contribution in [0.1, 0.15) is 55.7 Å². The summed E-state index contributed by atoms with van der Waals surface area (Å²) >= 11 is 6.21. The van der Waals surface area contributed by atoms with E-state index in [-0.39, 0.29) is 17.6 Å². The molecular formula is C28H31ClN4O6. The molecule has 3 atom stereocenters. The van der Waals surface area contributed by atoms with Crippen molar-refractivity contribution in [3.8, 4) is 11.5 Å². The number of aromatic nitrogens is 2. The van der Waals surface area contributed by atoms with Gasteiger partial charge in [-0.3, -0.25) is 14.9 Å². The fourth-order valence-corrected chi connectivity index (χ4v) is 5.06. The van der Waals surface area contributed by atoms with E-state index in [1.54, 1.807) is 51.1 Å². The second-order valence-electron chi connectivity index (χ2n) is 9.51. The minimum atomic E-state index is -0.705. The average molecular weight is 555 g/mol. The first-order valence-corrected chi connectivity index (χ1v) is 13.1. The zero-order valence-electron chi connectivity index (χ0n) is 22.2. The molecule has 4 rings (SSSR count). The van der Waals surface area contributed by atoms with Gasteiger partial charge in [0.2, 0.25) is 11.7 Å². The van der Waals surface area contributed by atoms with Crippen LogP contribution in [-0.2, 0) is 19.1 Å². The van der Waals surface area contributed by atoms with Gasteiger partial charge in [-0.05, 0) is 51.8 Å². The molecule has 2 heterocycles. The van der Waals surface area contributed by atoms with Crippen LogP contribution < -0.4 is 10.6 Å². The van der Waals surface area contributed by atoms with Crippen LogP contribution in [0.25, 0.3) is 11.5 Å². The molecule has 0 spiro atoms. The smallest absolute Gasteiger partial charge is 0.412 e. The van der Waals surface area contributed by atoms with E-state index in [1.165, 1.54) is 7.11 Å². The summed E-state index contributed by atoms with van der Waals surface area (Å²) < 4.78 is 15.9. The Balaban J connectivity index is 1.47. The first-order valence-electron chi connectivity index (χ1n) is 12.7. The lowest BCUT2D eigenvalue weighted by molar-refractivity contribution is -0.151. The van der Waals surface area contributed by atoms with Gasteiger partial charge in [-0.2, -0.15) is 0 Å². The number of nitrogens with zero attached hydrogens (tertiary/aromatic N) is 2. The van der Waals surface area contributed by atoms with Crippen molar-refractivity contribution in [3.05, 3.63) is 58.4 Å². The minimum Gasteiger partial charge on any atom is -0.469 e. The van der Waals surface area contributed by atoms with Crippen molar-refractivity contribution in [1.29, 1.82) is 0 Å². The number of rotatable bonds is 7. The van der Waals surface area contributed by atoms with Crippen LogP contribution >= 0.6 is 11.6 Å². The third kappa shape index (κ3) is 6.39. The number of pyridine rings is 1. The standard InChI is InChI=1S/C28H31ClN4O6/c1-15-22(31-26(34)19-10-5-6-11-20(19)27(35)37-4)13-14-23(30-15)25-24(16(2)33-39-25)32-28(36)38-17(3)18-9-7-8-12-21(18)29/h7-9,12-14,17,19-20H,5-6,10-11H2,1-4H3,(H,31,34)(H,32,36)/t17?,19-,20-/m1/s1. The number of ether oxygens (including phenoxy) is 2. The van der Waals surface area contributed by atoms with Gasteiger partial charge in [0.05, 0.1) is 30.3 Å². The fraction of sp³-hybridized carbons (Fsp3) is 0.393. The van der Waals surface area contributed by atoms with Crippen LogP contribution in [0, 0.1) is 25.7 Å². The molecule has 2 aromatic heterocycles. The number of methoxy groups -OCH3 is 1. The number of halogens is 1. The van der Waals surface area contributed by atoms with Gasteiger partial charge in [-0.25, -0.2) is 9.78 Å². The van der Waals surface area contributed by atoms with E-state index in [9.17, 15) is 14.4 Å². The molecule has 206 valence electrons. The van der Waals surface area contributed by atoms with E-state index >= 15 is 0 Å². The zero-order valence-corrected chi connectivity index (χ0v) is 23.0. The highest BCUT2D eigenvalue weighted by atomic mass is 35.5. The Hall–Kier alpha value is -3.92. The van der Waals surface area contributed by atoms with Crippen molar-refractivity contribution in [3.63, 3.8) is 0 Å². The lowest BCUT2D eigenvalue weighted by Gasteiger charge is -2.28. The van der Waals surface area contributed by atoms with Crippen molar-refractivity contribution in [1.82, 2.24) is 10.1 Å². The van der Waals surface area contributed by atoms with Gasteiger partial charge in [-0.15, -0.1) is 0 Å². The number of nitrogens with one attached hydrogen (secondary N) is 2. The monoisotopic (exact) mass is 554 g/mol. The Kier molecular flexibility index (Phi) is 8.86. The highest BCUT2D eigenvalue weighted by Gasteiger charge is 2.36. The molecule has 3 aromatic rings. The Labute approximate surface area is 231 Å². The van der Waals surface area contributed by atoms with Crippen molar-refractivity contribution in [2.75, 3.05) is 17.7 Å². The number of benzene rings is 1. The predicted octanol–water partition coefficient (Wildman–Crippen LogP) is 6.23. The summed E-state index contributed by atoms with van der Waals surface area (Å²) in [5.41, 5.74) is 2.88. The molecule has 1 saturated carbocycles. The van der Waals surface area contributed by atoms with E-state index in [0.717, 1.165) is 12.8 Å².